The van der Waals surface area contributed by atoms with Gasteiger partial charge in [-0.3, -0.25) is 0 Å². The summed E-state index contributed by atoms with van der Waals surface area (Å²) in [7, 11) is 0. The fraction of sp³-hybridized carbons (Fsp3) is 0.400. The van der Waals surface area contributed by atoms with Gasteiger partial charge < -0.3 is 0 Å². The molecule has 0 fully saturated rings. The molecule has 0 aromatic carbocycles. The van der Waals surface area contributed by atoms with Crippen molar-refractivity contribution in [3.63, 3.8) is 0 Å². The molecule has 0 atom stereocenters. The van der Waals surface area contributed by atoms with Gasteiger partial charge in [0.2, 0.25) is 0 Å². The molecule has 5 heteroatoms. The summed E-state index contributed by atoms with van der Waals surface area (Å²) in [6.07, 6.45) is -2.83. The van der Waals surface area contributed by atoms with Crippen molar-refractivity contribution in [2.24, 2.45) is 0 Å². The summed E-state index contributed by atoms with van der Waals surface area (Å²) in [5, 5.41) is 0. The molecule has 0 aliphatic heterocycles. The minimum absolute atomic E-state index is 0. The van der Waals surface area contributed by atoms with Gasteiger partial charge in [0.1, 0.15) is 0 Å². The summed E-state index contributed by atoms with van der Waals surface area (Å²) in [6.45, 7) is 9.00. The van der Waals surface area contributed by atoms with E-state index < -0.39 is 6.29 Å². The summed E-state index contributed by atoms with van der Waals surface area (Å²) in [6, 6.07) is 0. The van der Waals surface area contributed by atoms with Crippen LogP contribution in [0.4, 0.5) is 13.6 Å². The fourth-order valence-corrected chi connectivity index (χ4v) is 0. The van der Waals surface area contributed by atoms with Crippen LogP contribution >= 0.6 is 0 Å². The molecule has 0 heterocycles. The zero-order chi connectivity index (χ0) is 7.58. The Bertz CT molecular complexity index is 77.4. The molecule has 0 unspecified atom stereocenters. The quantitative estimate of drug-likeness (QED) is 0.300. The Morgan fingerprint density at radius 1 is 1.00 bits per heavy atom. The van der Waals surface area contributed by atoms with E-state index in [0.29, 0.717) is 0 Å². The summed E-state index contributed by atoms with van der Waals surface area (Å²) in [5.41, 5.74) is 0. The van der Waals surface area contributed by atoms with E-state index in [1.165, 1.54) is 0 Å². The van der Waals surface area contributed by atoms with E-state index in [-0.39, 0.29) is 14.9 Å². The van der Waals surface area contributed by atoms with Gasteiger partial charge in [0, 0.05) is 0 Å². The van der Waals surface area contributed by atoms with Crippen LogP contribution in [0.5, 0.6) is 0 Å². The van der Waals surface area contributed by atoms with E-state index in [2.05, 4.69) is 13.3 Å². The van der Waals surface area contributed by atoms with Gasteiger partial charge in [0.05, 0.1) is 0 Å². The van der Waals surface area contributed by atoms with Gasteiger partial charge in [-0.25, -0.2) is 4.79 Å². The number of hydrogen-bond donors (Lipinski definition) is 0. The number of hydrogen-bond acceptors (Lipinski definition) is 1. The predicted octanol–water partition coefficient (Wildman–Crippen LogP) is 2.24. The van der Waals surface area contributed by atoms with Crippen LogP contribution in [0.1, 0.15) is 14.9 Å². The molecular formula is C5H8F2O3. The summed E-state index contributed by atoms with van der Waals surface area (Å²) in [5.74, 6) is 0. The zero-order valence-electron chi connectivity index (χ0n) is 3.48. The van der Waals surface area contributed by atoms with Crippen molar-refractivity contribution in [2.45, 2.75) is 14.9 Å². The SMILES string of the molecule is C.C.O=C(F)F.[C-]#[O+].[C-]#[O+]. The second kappa shape index (κ2) is 97.4. The Kier molecular flexibility index (Phi) is 350. The van der Waals surface area contributed by atoms with Crippen LogP contribution in [0.15, 0.2) is 0 Å². The van der Waals surface area contributed by atoms with Crippen LogP contribution in [0, 0.1) is 13.3 Å². The zero-order valence-corrected chi connectivity index (χ0v) is 3.48. The maximum atomic E-state index is 9.69. The van der Waals surface area contributed by atoms with Gasteiger partial charge in [-0.1, -0.05) is 14.9 Å². The van der Waals surface area contributed by atoms with Crippen molar-refractivity contribution >= 4 is 6.29 Å². The van der Waals surface area contributed by atoms with Crippen molar-refractivity contribution in [2.75, 3.05) is 0 Å². The topological polar surface area (TPSA) is 56.9 Å². The number of carbonyl (C=O) groups excluding carboxylic acids is 1. The molecular weight excluding hydrogens is 146 g/mol. The van der Waals surface area contributed by atoms with Crippen molar-refractivity contribution in [1.82, 2.24) is 0 Å². The Labute approximate surface area is 58.5 Å². The van der Waals surface area contributed by atoms with E-state index in [0.717, 1.165) is 0 Å². The van der Waals surface area contributed by atoms with Gasteiger partial charge in [-0.05, 0) is 0 Å². The average Bonchev–Trinajstić information content (AvgIpc) is 1.75. The molecule has 0 aromatic heterocycles. The van der Waals surface area contributed by atoms with Crippen LogP contribution in [-0.4, -0.2) is 6.29 Å². The molecule has 0 spiro atoms. The van der Waals surface area contributed by atoms with E-state index in [4.69, 9.17) is 14.1 Å². The van der Waals surface area contributed by atoms with Gasteiger partial charge in [0.15, 0.2) is 0 Å². The van der Waals surface area contributed by atoms with Gasteiger partial charge in [-0.2, -0.15) is 0 Å². The average molecular weight is 154 g/mol. The van der Waals surface area contributed by atoms with Crippen LogP contribution in [0.3, 0.4) is 0 Å². The monoisotopic (exact) mass is 154 g/mol. The maximum absolute atomic E-state index is 9.69. The Hall–Kier alpha value is -0.990. The second-order valence-corrected chi connectivity index (χ2v) is 0.226. The number of halogens is 2. The molecule has 0 aromatic rings. The third-order valence-electron chi connectivity index (χ3n) is 0. The van der Waals surface area contributed by atoms with E-state index >= 15 is 0 Å². The Balaban J connectivity index is -0.0000000125. The van der Waals surface area contributed by atoms with E-state index in [9.17, 15) is 8.78 Å². The molecule has 0 saturated heterocycles. The van der Waals surface area contributed by atoms with Crippen LogP contribution in [-0.2, 0) is 9.30 Å². The number of carbonyl (C=O) groups is 1. The summed E-state index contributed by atoms with van der Waals surface area (Å²) in [4.78, 5) is 8.11. The molecule has 0 bridgehead atoms. The molecule has 0 aliphatic rings. The first-order chi connectivity index (χ1) is 3.73. The molecule has 60 valence electrons. The standard InChI is InChI=1S/CF2O.2CO.2CH4/c2-1(3)4;2*1-2;;/h;;;2*1H4. The third-order valence-corrected chi connectivity index (χ3v) is 0. The molecule has 0 radical (unpaired) electrons. The van der Waals surface area contributed by atoms with Crippen molar-refractivity contribution in [3.05, 3.63) is 13.3 Å². The first kappa shape index (κ1) is 36.0. The van der Waals surface area contributed by atoms with Gasteiger partial charge >= 0.3 is 28.9 Å². The molecule has 0 saturated carbocycles. The van der Waals surface area contributed by atoms with Crippen molar-refractivity contribution in [3.8, 4) is 0 Å². The third kappa shape index (κ3) is 258. The predicted molar refractivity (Wildman–Crippen MR) is 28.9 cm³/mol. The van der Waals surface area contributed by atoms with Gasteiger partial charge in [-0.15, -0.1) is 8.78 Å². The Morgan fingerprint density at radius 3 is 1.00 bits per heavy atom. The first-order valence-corrected chi connectivity index (χ1v) is 0.990. The normalized spacial score (nSPS) is 3.00. The molecule has 0 aliphatic carbocycles. The summed E-state index contributed by atoms with van der Waals surface area (Å²) < 4.78 is 34.4. The molecule has 10 heavy (non-hydrogen) atoms. The summed E-state index contributed by atoms with van der Waals surface area (Å²) >= 11 is 0. The Morgan fingerprint density at radius 2 is 1.00 bits per heavy atom. The molecule has 0 amide bonds. The van der Waals surface area contributed by atoms with Gasteiger partial charge in [0.25, 0.3) is 0 Å². The van der Waals surface area contributed by atoms with E-state index in [1.807, 2.05) is 0 Å². The van der Waals surface area contributed by atoms with Crippen molar-refractivity contribution in [1.29, 1.82) is 0 Å². The van der Waals surface area contributed by atoms with Crippen molar-refractivity contribution < 1.29 is 22.9 Å². The van der Waals surface area contributed by atoms with E-state index in [1.54, 1.807) is 0 Å². The van der Waals surface area contributed by atoms with Crippen LogP contribution in [0.25, 0.3) is 0 Å². The number of rotatable bonds is 0. The van der Waals surface area contributed by atoms with Crippen LogP contribution < -0.4 is 0 Å². The molecule has 0 rings (SSSR count). The second-order valence-electron chi connectivity index (χ2n) is 0.226. The molecule has 0 N–H and O–H groups in total. The molecule has 3 nitrogen and oxygen atoms in total. The van der Waals surface area contributed by atoms with Crippen LogP contribution in [0.2, 0.25) is 0 Å². The first-order valence-electron chi connectivity index (χ1n) is 0.990. The minimum atomic E-state index is -2.83. The fourth-order valence-electron chi connectivity index (χ4n) is 0.